The first-order valence-corrected chi connectivity index (χ1v) is 9.52. The summed E-state index contributed by atoms with van der Waals surface area (Å²) in [6.07, 6.45) is 0. The molecule has 0 aliphatic rings. The second-order valence-electron chi connectivity index (χ2n) is 5.70. The van der Waals surface area contributed by atoms with Crippen molar-refractivity contribution in [2.75, 3.05) is 11.1 Å². The molecule has 0 aliphatic heterocycles. The number of anilines is 1. The van der Waals surface area contributed by atoms with Gasteiger partial charge in [0.1, 0.15) is 0 Å². The molecule has 3 rings (SSSR count). The molecule has 5 nitrogen and oxygen atoms in total. The Hall–Kier alpha value is -2.02. The SMILES string of the molecule is Cc1cccc(-c2nnc(SCC(=O)Nc3ccc(Cl)c(Cl)c3)n2C)c1. The summed E-state index contributed by atoms with van der Waals surface area (Å²) in [5, 5.41) is 12.7. The van der Waals surface area contributed by atoms with Gasteiger partial charge in [0.2, 0.25) is 5.91 Å². The van der Waals surface area contributed by atoms with Crippen LogP contribution in [0, 0.1) is 6.92 Å². The minimum absolute atomic E-state index is 0.159. The predicted molar refractivity (Wildman–Crippen MR) is 107 cm³/mol. The molecular weight excluding hydrogens is 391 g/mol. The summed E-state index contributed by atoms with van der Waals surface area (Å²) in [7, 11) is 1.89. The number of aryl methyl sites for hydroxylation is 1. The summed E-state index contributed by atoms with van der Waals surface area (Å²) in [6.45, 7) is 2.03. The summed E-state index contributed by atoms with van der Waals surface area (Å²) in [5.41, 5.74) is 2.75. The van der Waals surface area contributed by atoms with Gasteiger partial charge in [-0.3, -0.25) is 4.79 Å². The van der Waals surface area contributed by atoms with Crippen molar-refractivity contribution in [2.45, 2.75) is 12.1 Å². The van der Waals surface area contributed by atoms with Gasteiger partial charge in [-0.1, -0.05) is 58.7 Å². The molecule has 0 radical (unpaired) electrons. The number of thioether (sulfide) groups is 1. The highest BCUT2D eigenvalue weighted by molar-refractivity contribution is 7.99. The molecule has 1 heterocycles. The van der Waals surface area contributed by atoms with E-state index < -0.39 is 0 Å². The van der Waals surface area contributed by atoms with Crippen LogP contribution in [0.5, 0.6) is 0 Å². The predicted octanol–water partition coefficient (Wildman–Crippen LogP) is 4.83. The standard InChI is InChI=1S/C18H16Cl2N4OS/c1-11-4-3-5-12(8-11)17-22-23-18(24(17)2)26-10-16(25)21-13-6-7-14(19)15(20)9-13/h3-9H,10H2,1-2H3,(H,21,25). The van der Waals surface area contributed by atoms with Crippen molar-refractivity contribution in [3.63, 3.8) is 0 Å². The molecule has 0 saturated heterocycles. The molecule has 2 aromatic carbocycles. The molecule has 1 amide bonds. The Labute approximate surface area is 165 Å². The van der Waals surface area contributed by atoms with Gasteiger partial charge >= 0.3 is 0 Å². The fraction of sp³-hybridized carbons (Fsp3) is 0.167. The second kappa shape index (κ2) is 8.12. The van der Waals surface area contributed by atoms with Crippen molar-refractivity contribution in [2.24, 2.45) is 7.05 Å². The molecule has 0 fully saturated rings. The molecule has 1 N–H and O–H groups in total. The van der Waals surface area contributed by atoms with Gasteiger partial charge in [0, 0.05) is 18.3 Å². The molecule has 3 aromatic rings. The van der Waals surface area contributed by atoms with Crippen molar-refractivity contribution in [3.05, 3.63) is 58.1 Å². The zero-order valence-corrected chi connectivity index (χ0v) is 16.5. The zero-order chi connectivity index (χ0) is 18.7. The summed E-state index contributed by atoms with van der Waals surface area (Å²) in [5.74, 6) is 0.814. The maximum Gasteiger partial charge on any atom is 0.234 e. The number of amides is 1. The van der Waals surface area contributed by atoms with Crippen molar-refractivity contribution in [1.29, 1.82) is 0 Å². The molecule has 0 bridgehead atoms. The highest BCUT2D eigenvalue weighted by atomic mass is 35.5. The van der Waals surface area contributed by atoms with Crippen LogP contribution in [-0.4, -0.2) is 26.4 Å². The third-order valence-electron chi connectivity index (χ3n) is 3.65. The van der Waals surface area contributed by atoms with Crippen LogP contribution in [-0.2, 0) is 11.8 Å². The number of nitrogens with zero attached hydrogens (tertiary/aromatic N) is 3. The summed E-state index contributed by atoms with van der Waals surface area (Å²) in [6, 6.07) is 13.0. The monoisotopic (exact) mass is 406 g/mol. The largest absolute Gasteiger partial charge is 0.325 e. The third kappa shape index (κ3) is 4.38. The zero-order valence-electron chi connectivity index (χ0n) is 14.2. The van der Waals surface area contributed by atoms with Gasteiger partial charge in [-0.25, -0.2) is 0 Å². The normalized spacial score (nSPS) is 10.8. The van der Waals surface area contributed by atoms with Crippen molar-refractivity contribution >= 4 is 46.6 Å². The lowest BCUT2D eigenvalue weighted by molar-refractivity contribution is -0.113. The van der Waals surface area contributed by atoms with E-state index in [1.807, 2.05) is 36.7 Å². The van der Waals surface area contributed by atoms with Crippen LogP contribution in [0.3, 0.4) is 0 Å². The van der Waals surface area contributed by atoms with Crippen LogP contribution in [0.1, 0.15) is 5.56 Å². The van der Waals surface area contributed by atoms with Gasteiger partial charge in [0.05, 0.1) is 15.8 Å². The highest BCUT2D eigenvalue weighted by Crippen LogP contribution is 2.26. The van der Waals surface area contributed by atoms with Gasteiger partial charge in [-0.2, -0.15) is 0 Å². The number of hydrogen-bond donors (Lipinski definition) is 1. The Morgan fingerprint density at radius 3 is 2.69 bits per heavy atom. The molecule has 26 heavy (non-hydrogen) atoms. The smallest absolute Gasteiger partial charge is 0.234 e. The van der Waals surface area contributed by atoms with Crippen LogP contribution in [0.25, 0.3) is 11.4 Å². The summed E-state index contributed by atoms with van der Waals surface area (Å²) in [4.78, 5) is 12.1. The Balaban J connectivity index is 1.64. The van der Waals surface area contributed by atoms with Gasteiger partial charge in [-0.15, -0.1) is 10.2 Å². The number of hydrogen-bond acceptors (Lipinski definition) is 4. The number of rotatable bonds is 5. The number of aromatic nitrogens is 3. The van der Waals surface area contributed by atoms with Crippen LogP contribution >= 0.6 is 35.0 Å². The van der Waals surface area contributed by atoms with Crippen molar-refractivity contribution < 1.29 is 4.79 Å². The highest BCUT2D eigenvalue weighted by Gasteiger charge is 2.13. The van der Waals surface area contributed by atoms with Gasteiger partial charge in [0.25, 0.3) is 0 Å². The van der Waals surface area contributed by atoms with Crippen LogP contribution in [0.2, 0.25) is 10.0 Å². The van der Waals surface area contributed by atoms with Crippen molar-refractivity contribution in [1.82, 2.24) is 14.8 Å². The van der Waals surface area contributed by atoms with Crippen LogP contribution < -0.4 is 5.32 Å². The first-order chi connectivity index (χ1) is 12.4. The topological polar surface area (TPSA) is 59.8 Å². The van der Waals surface area contributed by atoms with E-state index in [-0.39, 0.29) is 11.7 Å². The van der Waals surface area contributed by atoms with Gasteiger partial charge in [-0.05, 0) is 31.2 Å². The van der Waals surface area contributed by atoms with Gasteiger partial charge < -0.3 is 9.88 Å². The number of nitrogens with one attached hydrogen (secondary N) is 1. The second-order valence-corrected chi connectivity index (χ2v) is 7.46. The molecular formula is C18H16Cl2N4OS. The molecule has 0 aliphatic carbocycles. The lowest BCUT2D eigenvalue weighted by atomic mass is 10.1. The quantitative estimate of drug-likeness (QED) is 0.616. The van der Waals surface area contributed by atoms with E-state index in [4.69, 9.17) is 23.2 Å². The molecule has 0 saturated carbocycles. The number of benzene rings is 2. The molecule has 0 spiro atoms. The summed E-state index contributed by atoms with van der Waals surface area (Å²) < 4.78 is 1.88. The lowest BCUT2D eigenvalue weighted by Crippen LogP contribution is -2.14. The Bertz CT molecular complexity index is 958. The third-order valence-corrected chi connectivity index (χ3v) is 5.41. The molecule has 134 valence electrons. The van der Waals surface area contributed by atoms with E-state index >= 15 is 0 Å². The van der Waals surface area contributed by atoms with E-state index in [1.165, 1.54) is 11.8 Å². The minimum Gasteiger partial charge on any atom is -0.325 e. The first-order valence-electron chi connectivity index (χ1n) is 7.78. The van der Waals surface area contributed by atoms with Crippen molar-refractivity contribution in [3.8, 4) is 11.4 Å². The number of carbonyl (C=O) groups excluding carboxylic acids is 1. The molecule has 1 aromatic heterocycles. The van der Waals surface area contributed by atoms with Gasteiger partial charge in [0.15, 0.2) is 11.0 Å². The number of carbonyl (C=O) groups is 1. The van der Waals surface area contributed by atoms with E-state index in [0.717, 1.165) is 17.0 Å². The fourth-order valence-electron chi connectivity index (χ4n) is 2.38. The maximum absolute atomic E-state index is 12.1. The van der Waals surface area contributed by atoms with E-state index in [2.05, 4.69) is 21.6 Å². The Morgan fingerprint density at radius 2 is 1.96 bits per heavy atom. The van der Waals surface area contributed by atoms with E-state index in [1.54, 1.807) is 18.2 Å². The fourth-order valence-corrected chi connectivity index (χ4v) is 3.39. The van der Waals surface area contributed by atoms with E-state index in [0.29, 0.717) is 20.9 Å². The Morgan fingerprint density at radius 1 is 1.15 bits per heavy atom. The molecule has 8 heteroatoms. The molecule has 0 atom stereocenters. The molecule has 0 unspecified atom stereocenters. The van der Waals surface area contributed by atoms with E-state index in [9.17, 15) is 4.79 Å². The first kappa shape index (κ1) is 18.8. The van der Waals surface area contributed by atoms with Crippen LogP contribution in [0.4, 0.5) is 5.69 Å². The lowest BCUT2D eigenvalue weighted by Gasteiger charge is -2.07. The van der Waals surface area contributed by atoms with Crippen LogP contribution in [0.15, 0.2) is 47.6 Å². The maximum atomic E-state index is 12.1. The minimum atomic E-state index is -0.159. The number of halogens is 2. The average Bonchev–Trinajstić information content (AvgIpc) is 2.97. The Kier molecular flexibility index (Phi) is 5.86. The summed E-state index contributed by atoms with van der Waals surface area (Å²) >= 11 is 13.1. The average molecular weight is 407 g/mol.